The van der Waals surface area contributed by atoms with E-state index >= 15 is 0 Å². The van der Waals surface area contributed by atoms with E-state index in [0.717, 1.165) is 19.3 Å². The van der Waals surface area contributed by atoms with Crippen LogP contribution in [0.3, 0.4) is 0 Å². The molecule has 1 aliphatic heterocycles. The van der Waals surface area contributed by atoms with Crippen molar-refractivity contribution in [1.82, 2.24) is 0 Å². The van der Waals surface area contributed by atoms with E-state index in [2.05, 4.69) is 139 Å². The fourth-order valence-electron chi connectivity index (χ4n) is 9.95. The Balaban J connectivity index is 1.47. The van der Waals surface area contributed by atoms with Crippen LogP contribution >= 0.6 is 22.6 Å². The van der Waals surface area contributed by atoms with Gasteiger partial charge < -0.3 is 13.9 Å². The van der Waals surface area contributed by atoms with Crippen LogP contribution in [0.1, 0.15) is 87.5 Å². The smallest absolute Gasteiger partial charge is 0.293 e. The number of rotatable bonds is 8. The molecule has 3 aliphatic rings. The number of ether oxygens (including phenoxy) is 2. The summed E-state index contributed by atoms with van der Waals surface area (Å²) in [7, 11) is -2.72. The first-order valence-corrected chi connectivity index (χ1v) is 19.4. The van der Waals surface area contributed by atoms with Crippen LogP contribution in [0.25, 0.3) is 0 Å². The van der Waals surface area contributed by atoms with Gasteiger partial charge in [-0.05, 0) is 59.4 Å². The van der Waals surface area contributed by atoms with Crippen molar-refractivity contribution in [2.75, 3.05) is 6.61 Å². The molecule has 7 heteroatoms. The van der Waals surface area contributed by atoms with Gasteiger partial charge >= 0.3 is 0 Å². The molecular formula is C37H51IO5Si. The monoisotopic (exact) mass is 730 g/mol. The van der Waals surface area contributed by atoms with Crippen molar-refractivity contribution >= 4 is 53.5 Å². The second kappa shape index (κ2) is 11.9. The Bertz CT molecular complexity index is 1300. The number of benzene rings is 2. The molecule has 3 fully saturated rings. The minimum Gasteiger partial charge on any atom is -0.463 e. The summed E-state index contributed by atoms with van der Waals surface area (Å²) in [6.45, 7) is 18.9. The second-order valence-corrected chi connectivity index (χ2v) is 21.6. The summed E-state index contributed by atoms with van der Waals surface area (Å²) in [6, 6.07) is 21.3. The molecule has 0 radical (unpaired) electrons. The molecule has 2 aromatic rings. The maximum atomic E-state index is 14.5. The van der Waals surface area contributed by atoms with E-state index < -0.39 is 19.5 Å². The number of Topliss-reactive ketones (excluding diaryl/α,β-unsaturated/α-hetero) is 1. The summed E-state index contributed by atoms with van der Waals surface area (Å²) >= 11 is 2.42. The lowest BCUT2D eigenvalue weighted by Crippen LogP contribution is -2.74. The number of carbonyl (C=O) groups is 2. The van der Waals surface area contributed by atoms with Crippen molar-refractivity contribution in [2.45, 2.75) is 114 Å². The lowest BCUT2D eigenvalue weighted by atomic mass is 9.43. The van der Waals surface area contributed by atoms with Gasteiger partial charge in [0.1, 0.15) is 11.9 Å². The van der Waals surface area contributed by atoms with Crippen LogP contribution in [-0.4, -0.2) is 48.4 Å². The SMILES string of the molecule is CC1(C)CCC[C@]2(C)[C@H]3C(=O)C[C@](C)(CCO[Si](c4ccccc4)(c4ccccc4)C(C)(C)C)O[C@]3(C)[C@H](I)[C@@H](OC=O)[C@@H]12. The predicted molar refractivity (Wildman–Crippen MR) is 187 cm³/mol. The molecule has 5 rings (SSSR count). The maximum Gasteiger partial charge on any atom is 0.293 e. The highest BCUT2D eigenvalue weighted by atomic mass is 127. The van der Waals surface area contributed by atoms with Crippen LogP contribution < -0.4 is 10.4 Å². The molecule has 0 unspecified atom stereocenters. The number of alkyl halides is 1. The van der Waals surface area contributed by atoms with E-state index in [0.29, 0.717) is 25.9 Å². The number of hydrogen-bond acceptors (Lipinski definition) is 5. The van der Waals surface area contributed by atoms with E-state index in [-0.39, 0.29) is 43.5 Å². The first-order chi connectivity index (χ1) is 20.6. The number of hydrogen-bond donors (Lipinski definition) is 0. The van der Waals surface area contributed by atoms with Crippen LogP contribution in [0.2, 0.25) is 5.04 Å². The molecular weight excluding hydrogens is 679 g/mol. The summed E-state index contributed by atoms with van der Waals surface area (Å²) in [4.78, 5) is 26.3. The summed E-state index contributed by atoms with van der Waals surface area (Å²) in [5, 5.41) is 2.34. The summed E-state index contributed by atoms with van der Waals surface area (Å²) < 4.78 is 20.2. The van der Waals surface area contributed by atoms with Crippen molar-refractivity contribution in [3.05, 3.63) is 60.7 Å². The second-order valence-electron chi connectivity index (χ2n) is 16.0. The molecule has 44 heavy (non-hydrogen) atoms. The summed E-state index contributed by atoms with van der Waals surface area (Å²) in [6.07, 6.45) is 3.70. The molecule has 2 saturated carbocycles. The number of carbonyl (C=O) groups excluding carboxylic acids is 2. The first-order valence-electron chi connectivity index (χ1n) is 16.3. The van der Waals surface area contributed by atoms with Gasteiger partial charge in [0, 0.05) is 18.9 Å². The summed E-state index contributed by atoms with van der Waals surface area (Å²) in [5.74, 6) is 0.117. The minimum absolute atomic E-state index is 0.0455. The molecule has 0 N–H and O–H groups in total. The maximum absolute atomic E-state index is 14.5. The molecule has 0 amide bonds. The van der Waals surface area contributed by atoms with Gasteiger partial charge in [-0.1, -0.05) is 131 Å². The molecule has 1 heterocycles. The largest absolute Gasteiger partial charge is 0.463 e. The van der Waals surface area contributed by atoms with Crippen LogP contribution in [-0.2, 0) is 23.5 Å². The Morgan fingerprint density at radius 2 is 1.52 bits per heavy atom. The Morgan fingerprint density at radius 3 is 2.05 bits per heavy atom. The topological polar surface area (TPSA) is 61.8 Å². The van der Waals surface area contributed by atoms with Crippen LogP contribution in [0.4, 0.5) is 0 Å². The van der Waals surface area contributed by atoms with Crippen molar-refractivity contribution in [1.29, 1.82) is 0 Å². The zero-order chi connectivity index (χ0) is 32.2. The number of ketones is 1. The van der Waals surface area contributed by atoms with Crippen LogP contribution in [0.15, 0.2) is 60.7 Å². The van der Waals surface area contributed by atoms with Gasteiger partial charge in [-0.3, -0.25) is 9.59 Å². The Labute approximate surface area is 279 Å². The highest BCUT2D eigenvalue weighted by Gasteiger charge is 2.71. The molecule has 5 nitrogen and oxygen atoms in total. The van der Waals surface area contributed by atoms with Crippen molar-refractivity contribution in [3.8, 4) is 0 Å². The Morgan fingerprint density at radius 1 is 0.955 bits per heavy atom. The highest BCUT2D eigenvalue weighted by Crippen LogP contribution is 2.66. The van der Waals surface area contributed by atoms with Crippen LogP contribution in [0, 0.1) is 22.7 Å². The Hall–Kier alpha value is -1.55. The highest BCUT2D eigenvalue weighted by molar-refractivity contribution is 14.1. The molecule has 2 aliphatic carbocycles. The molecule has 2 aromatic carbocycles. The van der Waals surface area contributed by atoms with Gasteiger partial charge in [-0.15, -0.1) is 0 Å². The number of halogens is 1. The van der Waals surface area contributed by atoms with Gasteiger partial charge in [0.15, 0.2) is 0 Å². The van der Waals surface area contributed by atoms with E-state index in [1.54, 1.807) is 0 Å². The fourth-order valence-corrected chi connectivity index (χ4v) is 15.6. The standard InChI is InChI=1S/C37H51IO5Si/c1-33(2,3)44(26-16-11-9-12-17-26,27-18-13-10-14-19-27)42-23-22-35(6)24-28(40)30-36(7)21-15-20-34(4,5)31(36)29(41-25-39)32(38)37(30,8)43-35/h9-14,16-19,25,29-32H,15,20-24H2,1-8H3/t29-,30+,31-,32+,35-,36+,37-/m0/s1. The van der Waals surface area contributed by atoms with Gasteiger partial charge in [-0.25, -0.2) is 0 Å². The zero-order valence-corrected chi connectivity index (χ0v) is 31.0. The molecule has 0 spiro atoms. The van der Waals surface area contributed by atoms with E-state index in [1.165, 1.54) is 10.4 Å². The third-order valence-electron chi connectivity index (χ3n) is 11.4. The summed E-state index contributed by atoms with van der Waals surface area (Å²) in [5.41, 5.74) is -1.82. The fraction of sp³-hybridized carbons (Fsp3) is 0.622. The van der Waals surface area contributed by atoms with E-state index in [1.807, 2.05) is 0 Å². The molecule has 240 valence electrons. The lowest BCUT2D eigenvalue weighted by molar-refractivity contribution is -0.268. The molecule has 7 atom stereocenters. The third kappa shape index (κ3) is 5.45. The molecule has 0 aromatic heterocycles. The first kappa shape index (κ1) is 33.8. The lowest BCUT2D eigenvalue weighted by Gasteiger charge is -2.67. The average molecular weight is 731 g/mol. The third-order valence-corrected chi connectivity index (χ3v) is 18.4. The average Bonchev–Trinajstić information content (AvgIpc) is 2.93. The van der Waals surface area contributed by atoms with E-state index in [9.17, 15) is 9.59 Å². The Kier molecular flexibility index (Phi) is 9.15. The van der Waals surface area contributed by atoms with E-state index in [4.69, 9.17) is 13.9 Å². The quantitative estimate of drug-likeness (QED) is 0.124. The van der Waals surface area contributed by atoms with Gasteiger partial charge in [0.25, 0.3) is 14.8 Å². The zero-order valence-electron chi connectivity index (χ0n) is 27.8. The predicted octanol–water partition coefficient (Wildman–Crippen LogP) is 7.27. The molecule has 0 bridgehead atoms. The van der Waals surface area contributed by atoms with Gasteiger partial charge in [-0.2, -0.15) is 0 Å². The van der Waals surface area contributed by atoms with Crippen molar-refractivity contribution < 1.29 is 23.5 Å². The van der Waals surface area contributed by atoms with Gasteiger partial charge in [0.2, 0.25) is 0 Å². The number of fused-ring (bicyclic) bond motifs is 3. The minimum atomic E-state index is -2.72. The molecule has 1 saturated heterocycles. The van der Waals surface area contributed by atoms with Crippen molar-refractivity contribution in [2.24, 2.45) is 22.7 Å². The normalized spacial score (nSPS) is 35.3. The van der Waals surface area contributed by atoms with Crippen LogP contribution in [0.5, 0.6) is 0 Å². The van der Waals surface area contributed by atoms with Gasteiger partial charge in [0.05, 0.1) is 21.0 Å². The van der Waals surface area contributed by atoms with Crippen molar-refractivity contribution in [3.63, 3.8) is 0 Å².